The molecule has 0 aliphatic carbocycles. The van der Waals surface area contributed by atoms with Crippen molar-refractivity contribution in [1.82, 2.24) is 0 Å². The Bertz CT molecular complexity index is 920. The molecule has 1 atom stereocenters. The summed E-state index contributed by atoms with van der Waals surface area (Å²) in [6.07, 6.45) is 1.96. The normalized spacial score (nSPS) is 11.8. The molecule has 6 heteroatoms. The van der Waals surface area contributed by atoms with Gasteiger partial charge in [-0.3, -0.25) is 4.79 Å². The Labute approximate surface area is 177 Å². The minimum atomic E-state index is -0.929. The molecular weight excluding hydrogens is 382 g/mol. The van der Waals surface area contributed by atoms with Crippen molar-refractivity contribution in [2.24, 2.45) is 0 Å². The van der Waals surface area contributed by atoms with E-state index in [1.54, 1.807) is 18.2 Å². The predicted octanol–water partition coefficient (Wildman–Crippen LogP) is 4.68. The first-order chi connectivity index (χ1) is 14.3. The maximum Gasteiger partial charge on any atom is 0.331 e. The van der Waals surface area contributed by atoms with Crippen molar-refractivity contribution < 1.29 is 23.8 Å². The number of amides is 1. The van der Waals surface area contributed by atoms with E-state index in [9.17, 15) is 9.59 Å². The molecular formula is C24H29NO5. The van der Waals surface area contributed by atoms with Gasteiger partial charge in [-0.05, 0) is 75.6 Å². The molecule has 0 saturated heterocycles. The lowest BCUT2D eigenvalue weighted by atomic mass is 10.1. The number of nitrogens with one attached hydrogen (secondary N) is 1. The number of esters is 1. The van der Waals surface area contributed by atoms with Crippen LogP contribution in [0.4, 0.5) is 5.69 Å². The molecule has 2 aromatic carbocycles. The molecule has 0 aliphatic heterocycles. The molecule has 1 N–H and O–H groups in total. The van der Waals surface area contributed by atoms with E-state index in [1.165, 1.54) is 13.0 Å². The molecule has 2 rings (SSSR count). The summed E-state index contributed by atoms with van der Waals surface area (Å²) in [5.41, 5.74) is 3.43. The number of hydrogen-bond donors (Lipinski definition) is 1. The SMILES string of the molecule is CCOc1ccc(/C=C/C(=O)O[C@H](C)C(=O)Nc2cc(C)ccc2C)cc1OCC. The summed E-state index contributed by atoms with van der Waals surface area (Å²) in [6.45, 7) is 10.2. The second kappa shape index (κ2) is 11.0. The van der Waals surface area contributed by atoms with E-state index in [0.717, 1.165) is 16.7 Å². The molecule has 30 heavy (non-hydrogen) atoms. The number of benzene rings is 2. The van der Waals surface area contributed by atoms with Gasteiger partial charge in [-0.1, -0.05) is 18.2 Å². The van der Waals surface area contributed by atoms with Crippen molar-refractivity contribution in [3.8, 4) is 11.5 Å². The van der Waals surface area contributed by atoms with Crippen LogP contribution in [0, 0.1) is 13.8 Å². The quantitative estimate of drug-likeness (QED) is 0.479. The van der Waals surface area contributed by atoms with E-state index in [1.807, 2.05) is 52.0 Å². The van der Waals surface area contributed by atoms with E-state index in [-0.39, 0.29) is 5.91 Å². The van der Waals surface area contributed by atoms with Crippen LogP contribution in [0.1, 0.15) is 37.5 Å². The van der Waals surface area contributed by atoms with Gasteiger partial charge in [0.2, 0.25) is 0 Å². The lowest BCUT2D eigenvalue weighted by Gasteiger charge is -2.14. The third kappa shape index (κ3) is 6.65. The summed E-state index contributed by atoms with van der Waals surface area (Å²) >= 11 is 0. The fourth-order valence-corrected chi connectivity index (χ4v) is 2.71. The highest BCUT2D eigenvalue weighted by Gasteiger charge is 2.17. The molecule has 0 heterocycles. The molecule has 0 spiro atoms. The zero-order chi connectivity index (χ0) is 22.1. The first-order valence-electron chi connectivity index (χ1n) is 10.0. The molecule has 0 saturated carbocycles. The number of aryl methyl sites for hydroxylation is 2. The smallest absolute Gasteiger partial charge is 0.331 e. The molecule has 0 fully saturated rings. The second-order valence-corrected chi connectivity index (χ2v) is 6.79. The predicted molar refractivity (Wildman–Crippen MR) is 118 cm³/mol. The maximum absolute atomic E-state index is 12.4. The standard InChI is InChI=1S/C24H29NO5/c1-6-28-21-12-10-19(15-22(21)29-7-2)11-13-23(26)30-18(5)24(27)25-20-14-16(3)8-9-17(20)4/h8-15,18H,6-7H2,1-5H3,(H,25,27)/b13-11+/t18-/m1/s1. The highest BCUT2D eigenvalue weighted by molar-refractivity contribution is 5.97. The van der Waals surface area contributed by atoms with Gasteiger partial charge in [0.1, 0.15) is 0 Å². The Kier molecular flexibility index (Phi) is 8.47. The Morgan fingerprint density at radius 2 is 1.70 bits per heavy atom. The van der Waals surface area contributed by atoms with E-state index >= 15 is 0 Å². The minimum Gasteiger partial charge on any atom is -0.490 e. The molecule has 0 bridgehead atoms. The van der Waals surface area contributed by atoms with Gasteiger partial charge in [0.05, 0.1) is 13.2 Å². The van der Waals surface area contributed by atoms with E-state index < -0.39 is 12.1 Å². The zero-order valence-electron chi connectivity index (χ0n) is 18.2. The third-order valence-corrected chi connectivity index (χ3v) is 4.29. The summed E-state index contributed by atoms with van der Waals surface area (Å²) in [5, 5.41) is 2.80. The topological polar surface area (TPSA) is 73.9 Å². The van der Waals surface area contributed by atoms with Gasteiger partial charge in [-0.2, -0.15) is 0 Å². The second-order valence-electron chi connectivity index (χ2n) is 6.79. The van der Waals surface area contributed by atoms with Crippen LogP contribution in [0.2, 0.25) is 0 Å². The number of rotatable bonds is 9. The first kappa shape index (κ1) is 23.0. The van der Waals surface area contributed by atoms with E-state index in [2.05, 4.69) is 5.32 Å². The summed E-state index contributed by atoms with van der Waals surface area (Å²) in [5.74, 6) is 0.266. The highest BCUT2D eigenvalue weighted by Crippen LogP contribution is 2.29. The van der Waals surface area contributed by atoms with Gasteiger partial charge in [0.25, 0.3) is 5.91 Å². The Morgan fingerprint density at radius 3 is 2.40 bits per heavy atom. The maximum atomic E-state index is 12.4. The van der Waals surface area contributed by atoms with Gasteiger partial charge in [-0.25, -0.2) is 4.79 Å². The fraction of sp³-hybridized carbons (Fsp3) is 0.333. The number of hydrogen-bond acceptors (Lipinski definition) is 5. The highest BCUT2D eigenvalue weighted by atomic mass is 16.5. The first-order valence-corrected chi connectivity index (χ1v) is 10.0. The molecule has 0 aliphatic rings. The van der Waals surface area contributed by atoms with Crippen LogP contribution in [0.25, 0.3) is 6.08 Å². The van der Waals surface area contributed by atoms with Gasteiger partial charge >= 0.3 is 5.97 Å². The van der Waals surface area contributed by atoms with Crippen LogP contribution >= 0.6 is 0 Å². The van der Waals surface area contributed by atoms with Crippen molar-refractivity contribution in [1.29, 1.82) is 0 Å². The fourth-order valence-electron chi connectivity index (χ4n) is 2.71. The molecule has 6 nitrogen and oxygen atoms in total. The third-order valence-electron chi connectivity index (χ3n) is 4.29. The molecule has 0 aromatic heterocycles. The van der Waals surface area contributed by atoms with Crippen LogP contribution in [-0.2, 0) is 14.3 Å². The summed E-state index contributed by atoms with van der Waals surface area (Å²) in [7, 11) is 0. The molecule has 160 valence electrons. The number of anilines is 1. The van der Waals surface area contributed by atoms with Crippen LogP contribution in [0.3, 0.4) is 0 Å². The van der Waals surface area contributed by atoms with Crippen LogP contribution in [-0.4, -0.2) is 31.2 Å². The summed E-state index contributed by atoms with van der Waals surface area (Å²) < 4.78 is 16.3. The number of carbonyl (C=O) groups excluding carboxylic acids is 2. The van der Waals surface area contributed by atoms with Crippen LogP contribution in [0.5, 0.6) is 11.5 Å². The van der Waals surface area contributed by atoms with Crippen molar-refractivity contribution in [3.63, 3.8) is 0 Å². The monoisotopic (exact) mass is 411 g/mol. The Balaban J connectivity index is 1.98. The minimum absolute atomic E-state index is 0.384. The van der Waals surface area contributed by atoms with Gasteiger partial charge in [0.15, 0.2) is 17.6 Å². The van der Waals surface area contributed by atoms with Gasteiger partial charge < -0.3 is 19.5 Å². The van der Waals surface area contributed by atoms with E-state index in [4.69, 9.17) is 14.2 Å². The van der Waals surface area contributed by atoms with Crippen molar-refractivity contribution in [3.05, 3.63) is 59.2 Å². The van der Waals surface area contributed by atoms with Crippen LogP contribution < -0.4 is 14.8 Å². The molecule has 0 unspecified atom stereocenters. The number of carbonyl (C=O) groups is 2. The summed E-state index contributed by atoms with van der Waals surface area (Å²) in [6, 6.07) is 11.2. The molecule has 2 aromatic rings. The largest absolute Gasteiger partial charge is 0.490 e. The Morgan fingerprint density at radius 1 is 1.00 bits per heavy atom. The van der Waals surface area contributed by atoms with Crippen LogP contribution in [0.15, 0.2) is 42.5 Å². The van der Waals surface area contributed by atoms with Crippen molar-refractivity contribution >= 4 is 23.6 Å². The molecule has 0 radical (unpaired) electrons. The number of ether oxygens (including phenoxy) is 3. The summed E-state index contributed by atoms with van der Waals surface area (Å²) in [4.78, 5) is 24.5. The lowest BCUT2D eigenvalue weighted by Crippen LogP contribution is -2.29. The van der Waals surface area contributed by atoms with Crippen molar-refractivity contribution in [2.75, 3.05) is 18.5 Å². The van der Waals surface area contributed by atoms with Gasteiger partial charge in [0, 0.05) is 11.8 Å². The average Bonchev–Trinajstić information content (AvgIpc) is 2.71. The van der Waals surface area contributed by atoms with Gasteiger partial charge in [-0.15, -0.1) is 0 Å². The Hall–Kier alpha value is -3.28. The lowest BCUT2D eigenvalue weighted by molar-refractivity contribution is -0.148. The van der Waals surface area contributed by atoms with E-state index in [0.29, 0.717) is 30.4 Å². The average molecular weight is 411 g/mol. The molecule has 1 amide bonds. The zero-order valence-corrected chi connectivity index (χ0v) is 18.2. The van der Waals surface area contributed by atoms with Crippen molar-refractivity contribution in [2.45, 2.75) is 40.7 Å².